The molecule has 1 amide bonds. The molecule has 1 rings (SSSR count). The maximum atomic E-state index is 11.8. The van der Waals surface area contributed by atoms with Gasteiger partial charge in [-0.05, 0) is 31.0 Å². The molecule has 17 heavy (non-hydrogen) atoms. The van der Waals surface area contributed by atoms with Gasteiger partial charge in [0.05, 0.1) is 12.5 Å². The lowest BCUT2D eigenvalue weighted by Crippen LogP contribution is -2.33. The summed E-state index contributed by atoms with van der Waals surface area (Å²) in [5.74, 6) is -0.241. The number of anilines is 1. The zero-order valence-corrected chi connectivity index (χ0v) is 10.8. The second-order valence-corrected chi connectivity index (χ2v) is 4.07. The third-order valence-corrected chi connectivity index (χ3v) is 2.96. The van der Waals surface area contributed by atoms with E-state index in [4.69, 9.17) is 16.9 Å². The molecule has 3 nitrogen and oxygen atoms in total. The molecule has 1 aromatic rings. The SMILES string of the molecule is Cc1cccc(N(CCC#N)C(=O)CCl)c1C. The van der Waals surface area contributed by atoms with Gasteiger partial charge in [-0.3, -0.25) is 4.79 Å². The smallest absolute Gasteiger partial charge is 0.241 e. The summed E-state index contributed by atoms with van der Waals surface area (Å²) in [5, 5.41) is 8.62. The first-order chi connectivity index (χ1) is 8.11. The standard InChI is InChI=1S/C13H15ClN2O/c1-10-5-3-6-12(11(10)2)16(8-4-7-15)13(17)9-14/h3,5-6H,4,8-9H2,1-2H3. The average Bonchev–Trinajstić information content (AvgIpc) is 2.34. The van der Waals surface area contributed by atoms with Crippen molar-refractivity contribution < 1.29 is 4.79 Å². The van der Waals surface area contributed by atoms with E-state index in [1.807, 2.05) is 38.1 Å². The molecule has 1 aromatic carbocycles. The number of aryl methyl sites for hydroxylation is 1. The number of nitriles is 1. The molecular weight excluding hydrogens is 236 g/mol. The quantitative estimate of drug-likeness (QED) is 0.772. The zero-order chi connectivity index (χ0) is 12.8. The van der Waals surface area contributed by atoms with Crippen molar-refractivity contribution in [2.75, 3.05) is 17.3 Å². The minimum absolute atomic E-state index is 0.0706. The van der Waals surface area contributed by atoms with Gasteiger partial charge in [-0.15, -0.1) is 11.6 Å². The summed E-state index contributed by atoms with van der Waals surface area (Å²) in [6, 6.07) is 7.82. The maximum absolute atomic E-state index is 11.8. The topological polar surface area (TPSA) is 44.1 Å². The van der Waals surface area contributed by atoms with Gasteiger partial charge in [-0.1, -0.05) is 12.1 Å². The van der Waals surface area contributed by atoms with Gasteiger partial charge in [0, 0.05) is 12.2 Å². The Kier molecular flexibility index (Phi) is 4.99. The van der Waals surface area contributed by atoms with Crippen LogP contribution >= 0.6 is 11.6 Å². The van der Waals surface area contributed by atoms with Crippen molar-refractivity contribution in [2.45, 2.75) is 20.3 Å². The number of amides is 1. The number of carbonyl (C=O) groups excluding carboxylic acids is 1. The molecule has 0 aromatic heterocycles. The molecule has 0 aliphatic heterocycles. The van der Waals surface area contributed by atoms with Crippen LogP contribution in [0, 0.1) is 25.2 Å². The Hall–Kier alpha value is -1.53. The van der Waals surface area contributed by atoms with Gasteiger partial charge in [0.1, 0.15) is 5.88 Å². The Morgan fingerprint density at radius 3 is 2.76 bits per heavy atom. The van der Waals surface area contributed by atoms with Gasteiger partial charge >= 0.3 is 0 Å². The second kappa shape index (κ2) is 6.27. The number of carbonyl (C=O) groups is 1. The molecule has 0 aliphatic rings. The highest BCUT2D eigenvalue weighted by Crippen LogP contribution is 2.23. The van der Waals surface area contributed by atoms with E-state index in [0.29, 0.717) is 13.0 Å². The van der Waals surface area contributed by atoms with Gasteiger partial charge in [0.25, 0.3) is 0 Å². The van der Waals surface area contributed by atoms with E-state index in [-0.39, 0.29) is 11.8 Å². The number of hydrogen-bond acceptors (Lipinski definition) is 2. The third kappa shape index (κ3) is 3.21. The molecule has 0 saturated heterocycles. The minimum atomic E-state index is -0.171. The molecule has 0 unspecified atom stereocenters. The van der Waals surface area contributed by atoms with Crippen LogP contribution in [0.15, 0.2) is 18.2 Å². The van der Waals surface area contributed by atoms with Gasteiger partial charge in [-0.2, -0.15) is 5.26 Å². The number of halogens is 1. The van der Waals surface area contributed by atoms with Crippen LogP contribution in [0.3, 0.4) is 0 Å². The number of benzene rings is 1. The van der Waals surface area contributed by atoms with Gasteiger partial charge in [0.15, 0.2) is 0 Å². The van der Waals surface area contributed by atoms with Crippen LogP contribution in [-0.4, -0.2) is 18.3 Å². The van der Waals surface area contributed by atoms with E-state index in [1.54, 1.807) is 4.90 Å². The van der Waals surface area contributed by atoms with Crippen LogP contribution in [0.2, 0.25) is 0 Å². The minimum Gasteiger partial charge on any atom is -0.310 e. The largest absolute Gasteiger partial charge is 0.310 e. The van der Waals surface area contributed by atoms with Crippen LogP contribution in [0.1, 0.15) is 17.5 Å². The maximum Gasteiger partial charge on any atom is 0.241 e. The number of hydrogen-bond donors (Lipinski definition) is 0. The lowest BCUT2D eigenvalue weighted by Gasteiger charge is -2.23. The first kappa shape index (κ1) is 13.5. The molecule has 0 spiro atoms. The van der Waals surface area contributed by atoms with Gasteiger partial charge in [-0.25, -0.2) is 0 Å². The van der Waals surface area contributed by atoms with E-state index in [0.717, 1.165) is 16.8 Å². The molecular formula is C13H15ClN2O. The fraction of sp³-hybridized carbons (Fsp3) is 0.385. The fourth-order valence-corrected chi connectivity index (χ4v) is 1.79. The van der Waals surface area contributed by atoms with E-state index in [9.17, 15) is 4.79 Å². The Morgan fingerprint density at radius 2 is 2.18 bits per heavy atom. The van der Waals surface area contributed by atoms with E-state index >= 15 is 0 Å². The predicted octanol–water partition coefficient (Wildman–Crippen LogP) is 2.79. The molecule has 0 atom stereocenters. The lowest BCUT2D eigenvalue weighted by atomic mass is 10.1. The number of alkyl halides is 1. The second-order valence-electron chi connectivity index (χ2n) is 3.81. The van der Waals surface area contributed by atoms with Crippen LogP contribution < -0.4 is 4.90 Å². The van der Waals surface area contributed by atoms with Crippen LogP contribution in [0.4, 0.5) is 5.69 Å². The molecule has 0 fully saturated rings. The first-order valence-electron chi connectivity index (χ1n) is 5.41. The van der Waals surface area contributed by atoms with Crippen molar-refractivity contribution in [2.24, 2.45) is 0 Å². The fourth-order valence-electron chi connectivity index (χ4n) is 1.64. The molecule has 4 heteroatoms. The third-order valence-electron chi connectivity index (χ3n) is 2.73. The summed E-state index contributed by atoms with van der Waals surface area (Å²) in [7, 11) is 0. The molecule has 0 bridgehead atoms. The van der Waals surface area contributed by atoms with Crippen molar-refractivity contribution in [1.82, 2.24) is 0 Å². The van der Waals surface area contributed by atoms with Crippen molar-refractivity contribution in [1.29, 1.82) is 5.26 Å². The molecule has 0 radical (unpaired) electrons. The summed E-state index contributed by atoms with van der Waals surface area (Å²) in [5.41, 5.74) is 3.00. The van der Waals surface area contributed by atoms with E-state index in [2.05, 4.69) is 0 Å². The highest BCUT2D eigenvalue weighted by Gasteiger charge is 2.16. The monoisotopic (exact) mass is 250 g/mol. The normalized spacial score (nSPS) is 9.76. The molecule has 0 saturated carbocycles. The predicted molar refractivity (Wildman–Crippen MR) is 69.2 cm³/mol. The Morgan fingerprint density at radius 1 is 1.47 bits per heavy atom. The highest BCUT2D eigenvalue weighted by atomic mass is 35.5. The summed E-state index contributed by atoms with van der Waals surface area (Å²) in [6.07, 6.45) is 0.302. The average molecular weight is 251 g/mol. The molecule has 0 heterocycles. The summed E-state index contributed by atoms with van der Waals surface area (Å²) < 4.78 is 0. The molecule has 90 valence electrons. The van der Waals surface area contributed by atoms with Crippen molar-refractivity contribution in [3.8, 4) is 6.07 Å². The first-order valence-corrected chi connectivity index (χ1v) is 5.94. The van der Waals surface area contributed by atoms with Crippen LogP contribution in [-0.2, 0) is 4.79 Å². The van der Waals surface area contributed by atoms with E-state index < -0.39 is 0 Å². The van der Waals surface area contributed by atoms with Crippen LogP contribution in [0.5, 0.6) is 0 Å². The van der Waals surface area contributed by atoms with Crippen molar-refractivity contribution >= 4 is 23.2 Å². The molecule has 0 aliphatic carbocycles. The number of rotatable bonds is 4. The van der Waals surface area contributed by atoms with Gasteiger partial charge in [0.2, 0.25) is 5.91 Å². The van der Waals surface area contributed by atoms with Crippen LogP contribution in [0.25, 0.3) is 0 Å². The summed E-state index contributed by atoms with van der Waals surface area (Å²) in [6.45, 7) is 4.34. The zero-order valence-electron chi connectivity index (χ0n) is 10.0. The lowest BCUT2D eigenvalue weighted by molar-refractivity contribution is -0.116. The Bertz CT molecular complexity index is 451. The summed E-state index contributed by atoms with van der Waals surface area (Å²) >= 11 is 5.59. The van der Waals surface area contributed by atoms with Crippen molar-refractivity contribution in [3.63, 3.8) is 0 Å². The highest BCUT2D eigenvalue weighted by molar-refractivity contribution is 6.29. The Labute approximate surface area is 107 Å². The van der Waals surface area contributed by atoms with Crippen molar-refractivity contribution in [3.05, 3.63) is 29.3 Å². The molecule has 0 N–H and O–H groups in total. The van der Waals surface area contributed by atoms with E-state index in [1.165, 1.54) is 0 Å². The Balaban J connectivity index is 3.08. The number of nitrogens with zero attached hydrogens (tertiary/aromatic N) is 2. The van der Waals surface area contributed by atoms with Gasteiger partial charge < -0.3 is 4.90 Å². The summed E-state index contributed by atoms with van der Waals surface area (Å²) in [4.78, 5) is 13.3.